The second-order valence-electron chi connectivity index (χ2n) is 8.24. The molecule has 7 heteroatoms. The van der Waals surface area contributed by atoms with Crippen molar-refractivity contribution in [1.29, 1.82) is 0 Å². The summed E-state index contributed by atoms with van der Waals surface area (Å²) in [6.45, 7) is 1.09. The van der Waals surface area contributed by atoms with E-state index in [1.807, 2.05) is 36.4 Å². The van der Waals surface area contributed by atoms with Gasteiger partial charge in [-0.25, -0.2) is 4.79 Å². The lowest BCUT2D eigenvalue weighted by atomic mass is 9.94. The number of piperidine rings is 1. The van der Waals surface area contributed by atoms with Crippen molar-refractivity contribution in [3.8, 4) is 0 Å². The fraction of sp³-hybridized carbons (Fsp3) is 0.400. The zero-order chi connectivity index (χ0) is 22.5. The van der Waals surface area contributed by atoms with Gasteiger partial charge in [-0.2, -0.15) is 0 Å². The minimum absolute atomic E-state index is 0.0355. The predicted octanol–water partition coefficient (Wildman–Crippen LogP) is 4.30. The van der Waals surface area contributed by atoms with Crippen molar-refractivity contribution in [3.63, 3.8) is 0 Å². The fourth-order valence-electron chi connectivity index (χ4n) is 4.39. The number of nitrogens with one attached hydrogen (secondary N) is 1. The van der Waals surface area contributed by atoms with Crippen LogP contribution in [0.3, 0.4) is 0 Å². The molecule has 168 valence electrons. The van der Waals surface area contributed by atoms with Crippen LogP contribution in [0.1, 0.15) is 52.0 Å². The number of hydrogen-bond donors (Lipinski definition) is 1. The number of amides is 2. The van der Waals surface area contributed by atoms with E-state index in [0.29, 0.717) is 36.5 Å². The average molecular weight is 453 g/mol. The van der Waals surface area contributed by atoms with Crippen LogP contribution in [-0.4, -0.2) is 42.9 Å². The molecule has 2 aromatic rings. The van der Waals surface area contributed by atoms with Crippen molar-refractivity contribution < 1.29 is 19.1 Å². The number of esters is 1. The van der Waals surface area contributed by atoms with Crippen molar-refractivity contribution in [2.24, 2.45) is 5.92 Å². The number of benzene rings is 1. The third-order valence-corrected chi connectivity index (χ3v) is 7.40. The molecule has 1 aliphatic carbocycles. The number of methoxy groups -OCH3 is 1. The largest absolute Gasteiger partial charge is 0.465 e. The highest BCUT2D eigenvalue weighted by Gasteiger charge is 2.30. The number of aryl methyl sites for hydroxylation is 1. The van der Waals surface area contributed by atoms with Gasteiger partial charge in [0, 0.05) is 30.0 Å². The van der Waals surface area contributed by atoms with Crippen molar-refractivity contribution in [2.75, 3.05) is 25.5 Å². The minimum atomic E-state index is -0.384. The van der Waals surface area contributed by atoms with Crippen LogP contribution in [0.25, 0.3) is 6.08 Å². The maximum atomic E-state index is 13.0. The normalized spacial score (nSPS) is 16.6. The smallest absolute Gasteiger partial charge is 0.341 e. The molecule has 0 radical (unpaired) electrons. The van der Waals surface area contributed by atoms with Crippen LogP contribution in [0, 0.1) is 5.92 Å². The van der Waals surface area contributed by atoms with Gasteiger partial charge < -0.3 is 15.0 Å². The predicted molar refractivity (Wildman–Crippen MR) is 126 cm³/mol. The van der Waals surface area contributed by atoms with Gasteiger partial charge in [0.2, 0.25) is 11.8 Å². The molecule has 1 aliphatic heterocycles. The maximum Gasteiger partial charge on any atom is 0.341 e. The van der Waals surface area contributed by atoms with Gasteiger partial charge in [0.05, 0.1) is 12.7 Å². The van der Waals surface area contributed by atoms with Gasteiger partial charge in [-0.3, -0.25) is 9.59 Å². The molecule has 1 N–H and O–H groups in total. The Kier molecular flexibility index (Phi) is 7.05. The molecule has 1 aromatic heterocycles. The quantitative estimate of drug-likeness (QED) is 0.542. The van der Waals surface area contributed by atoms with Crippen LogP contribution in [0.15, 0.2) is 36.4 Å². The first kappa shape index (κ1) is 22.3. The molecule has 1 fully saturated rings. The Balaban J connectivity index is 1.36. The number of fused-ring (bicyclic) bond motifs is 1. The van der Waals surface area contributed by atoms with Crippen LogP contribution in [-0.2, 0) is 27.2 Å². The lowest BCUT2D eigenvalue weighted by molar-refractivity contribution is -0.130. The van der Waals surface area contributed by atoms with Gasteiger partial charge >= 0.3 is 5.97 Å². The van der Waals surface area contributed by atoms with Crippen LogP contribution in [0.5, 0.6) is 0 Å². The lowest BCUT2D eigenvalue weighted by Gasteiger charge is -2.30. The number of likely N-dealkylation sites (tertiary alicyclic amines) is 1. The molecule has 1 saturated heterocycles. The van der Waals surface area contributed by atoms with Crippen molar-refractivity contribution in [2.45, 2.75) is 38.5 Å². The SMILES string of the molecule is COC(=O)c1c(NC(=O)C2CCN(C(=O)C=Cc3ccccc3)CC2)sc2c1CCCC2. The molecule has 0 unspecified atom stereocenters. The summed E-state index contributed by atoms with van der Waals surface area (Å²) in [5.74, 6) is -0.681. The Labute approximate surface area is 192 Å². The number of hydrogen-bond acceptors (Lipinski definition) is 5. The van der Waals surface area contributed by atoms with E-state index in [1.54, 1.807) is 11.0 Å². The molecule has 2 aliphatic rings. The van der Waals surface area contributed by atoms with Crippen LogP contribution in [0.2, 0.25) is 0 Å². The summed E-state index contributed by atoms with van der Waals surface area (Å²) in [4.78, 5) is 40.8. The molecule has 1 aromatic carbocycles. The molecule has 32 heavy (non-hydrogen) atoms. The summed E-state index contributed by atoms with van der Waals surface area (Å²) >= 11 is 1.50. The van der Waals surface area contributed by atoms with E-state index < -0.39 is 0 Å². The monoisotopic (exact) mass is 452 g/mol. The van der Waals surface area contributed by atoms with Crippen molar-refractivity contribution >= 4 is 40.2 Å². The zero-order valence-electron chi connectivity index (χ0n) is 18.3. The van der Waals surface area contributed by atoms with E-state index in [-0.39, 0.29) is 23.7 Å². The number of nitrogens with zero attached hydrogens (tertiary/aromatic N) is 1. The summed E-state index contributed by atoms with van der Waals surface area (Å²) < 4.78 is 4.99. The molecule has 2 amide bonds. The van der Waals surface area contributed by atoms with Crippen LogP contribution < -0.4 is 5.32 Å². The Morgan fingerprint density at radius 2 is 1.81 bits per heavy atom. The second kappa shape index (κ2) is 10.1. The van der Waals surface area contributed by atoms with E-state index in [2.05, 4.69) is 5.32 Å². The lowest BCUT2D eigenvalue weighted by Crippen LogP contribution is -2.40. The molecule has 4 rings (SSSR count). The first-order valence-corrected chi connectivity index (χ1v) is 11.9. The van der Waals surface area contributed by atoms with Gasteiger partial charge in [0.1, 0.15) is 5.00 Å². The Hall–Kier alpha value is -2.93. The molecular weight excluding hydrogens is 424 g/mol. The highest BCUT2D eigenvalue weighted by molar-refractivity contribution is 7.17. The first-order chi connectivity index (χ1) is 15.6. The van der Waals surface area contributed by atoms with Crippen LogP contribution >= 0.6 is 11.3 Å². The van der Waals surface area contributed by atoms with E-state index >= 15 is 0 Å². The Morgan fingerprint density at radius 3 is 2.53 bits per heavy atom. The molecule has 0 spiro atoms. The summed E-state index contributed by atoms with van der Waals surface area (Å²) in [6.07, 6.45) is 8.56. The number of rotatable bonds is 5. The Morgan fingerprint density at radius 1 is 1.09 bits per heavy atom. The first-order valence-electron chi connectivity index (χ1n) is 11.1. The fourth-order valence-corrected chi connectivity index (χ4v) is 5.67. The maximum absolute atomic E-state index is 13.0. The number of carbonyl (C=O) groups excluding carboxylic acids is 3. The summed E-state index contributed by atoms with van der Waals surface area (Å²) in [5.41, 5.74) is 2.54. The van der Waals surface area contributed by atoms with Gasteiger partial charge in [-0.05, 0) is 55.7 Å². The highest BCUT2D eigenvalue weighted by atomic mass is 32.1. The summed E-state index contributed by atoms with van der Waals surface area (Å²) in [5, 5.41) is 3.61. The topological polar surface area (TPSA) is 75.7 Å². The average Bonchev–Trinajstić information content (AvgIpc) is 3.20. The zero-order valence-corrected chi connectivity index (χ0v) is 19.1. The van der Waals surface area contributed by atoms with E-state index in [1.165, 1.54) is 23.3 Å². The number of thiophene rings is 1. The van der Waals surface area contributed by atoms with Gasteiger partial charge in [0.15, 0.2) is 0 Å². The van der Waals surface area contributed by atoms with Crippen LogP contribution in [0.4, 0.5) is 5.00 Å². The number of ether oxygens (including phenoxy) is 1. The standard InChI is InChI=1S/C25H28N2O4S/c1-31-25(30)22-19-9-5-6-10-20(19)32-24(22)26-23(29)18-13-15-27(16-14-18)21(28)12-11-17-7-3-2-4-8-17/h2-4,7-8,11-12,18H,5-6,9-10,13-16H2,1H3,(H,26,29). The van der Waals surface area contributed by atoms with E-state index in [0.717, 1.165) is 36.8 Å². The van der Waals surface area contributed by atoms with Gasteiger partial charge in [-0.1, -0.05) is 30.3 Å². The second-order valence-corrected chi connectivity index (χ2v) is 9.34. The van der Waals surface area contributed by atoms with E-state index in [9.17, 15) is 14.4 Å². The van der Waals surface area contributed by atoms with Gasteiger partial charge in [0.25, 0.3) is 0 Å². The minimum Gasteiger partial charge on any atom is -0.465 e. The number of anilines is 1. The van der Waals surface area contributed by atoms with Crippen molar-refractivity contribution in [3.05, 3.63) is 58.0 Å². The molecule has 0 bridgehead atoms. The molecule has 0 saturated carbocycles. The van der Waals surface area contributed by atoms with Gasteiger partial charge in [-0.15, -0.1) is 11.3 Å². The summed E-state index contributed by atoms with van der Waals surface area (Å²) in [7, 11) is 1.37. The molecule has 2 heterocycles. The molecule has 0 atom stereocenters. The van der Waals surface area contributed by atoms with Crippen molar-refractivity contribution in [1.82, 2.24) is 4.90 Å². The third-order valence-electron chi connectivity index (χ3n) is 6.19. The third kappa shape index (κ3) is 4.93. The number of carbonyl (C=O) groups is 3. The highest BCUT2D eigenvalue weighted by Crippen LogP contribution is 2.39. The Bertz CT molecular complexity index is 1020. The molecular formula is C25H28N2O4S. The summed E-state index contributed by atoms with van der Waals surface area (Å²) in [6, 6.07) is 9.71. The molecule has 6 nitrogen and oxygen atoms in total. The van der Waals surface area contributed by atoms with E-state index in [4.69, 9.17) is 4.74 Å².